The first-order valence-electron chi connectivity index (χ1n) is 6.47. The zero-order valence-electron chi connectivity index (χ0n) is 11.1. The van der Waals surface area contributed by atoms with Gasteiger partial charge in [-0.25, -0.2) is 0 Å². The number of nitro benzene ring substituents is 1. The maximum absolute atomic E-state index is 11.8. The number of nitro groups is 1. The Labute approximate surface area is 121 Å². The predicted molar refractivity (Wildman–Crippen MR) is 75.6 cm³/mol. The van der Waals surface area contributed by atoms with E-state index in [-0.39, 0.29) is 17.6 Å². The molecule has 1 N–H and O–H groups in total. The van der Waals surface area contributed by atoms with Gasteiger partial charge in [0.2, 0.25) is 5.91 Å². The second-order valence-corrected chi connectivity index (χ2v) is 5.13. The van der Waals surface area contributed by atoms with Gasteiger partial charge in [-0.05, 0) is 18.1 Å². The van der Waals surface area contributed by atoms with Crippen molar-refractivity contribution in [3.8, 4) is 0 Å². The topological polar surface area (TPSA) is 75.5 Å². The van der Waals surface area contributed by atoms with Gasteiger partial charge in [-0.3, -0.25) is 19.8 Å². The molecule has 1 saturated heterocycles. The largest absolute Gasteiger partial charge is 0.353 e. The summed E-state index contributed by atoms with van der Waals surface area (Å²) >= 11 is 6.10. The molecule has 20 heavy (non-hydrogen) atoms. The molecule has 1 atom stereocenters. The molecule has 6 nitrogen and oxygen atoms in total. The number of carbonyl (C=O) groups is 1. The fourth-order valence-electron chi connectivity index (χ4n) is 2.41. The first kappa shape index (κ1) is 14.7. The number of nitrogens with zero attached hydrogens (tertiary/aromatic N) is 2. The summed E-state index contributed by atoms with van der Waals surface area (Å²) in [7, 11) is 0. The molecule has 1 unspecified atom stereocenters. The number of amides is 1. The van der Waals surface area contributed by atoms with Crippen LogP contribution in [0.15, 0.2) is 18.2 Å². The molecule has 108 valence electrons. The maximum Gasteiger partial charge on any atom is 0.269 e. The maximum atomic E-state index is 11.8. The number of benzene rings is 1. The van der Waals surface area contributed by atoms with Crippen LogP contribution < -0.4 is 5.32 Å². The van der Waals surface area contributed by atoms with Gasteiger partial charge in [0.1, 0.15) is 0 Å². The molecule has 0 spiro atoms. The molecule has 0 saturated carbocycles. The SMILES string of the molecule is CCC1C(=O)NCCN1Cc1cc([N+](=O)[O-])ccc1Cl. The molecule has 0 bridgehead atoms. The van der Waals surface area contributed by atoms with Crippen molar-refractivity contribution in [2.24, 2.45) is 0 Å². The molecule has 1 amide bonds. The lowest BCUT2D eigenvalue weighted by molar-refractivity contribution is -0.384. The van der Waals surface area contributed by atoms with Crippen LogP contribution in [0.1, 0.15) is 18.9 Å². The van der Waals surface area contributed by atoms with Crippen molar-refractivity contribution in [2.75, 3.05) is 13.1 Å². The lowest BCUT2D eigenvalue weighted by atomic mass is 10.1. The van der Waals surface area contributed by atoms with Crippen LogP contribution in [0.2, 0.25) is 5.02 Å². The van der Waals surface area contributed by atoms with E-state index in [9.17, 15) is 14.9 Å². The van der Waals surface area contributed by atoms with Crippen LogP contribution >= 0.6 is 11.6 Å². The third-order valence-electron chi connectivity index (χ3n) is 3.44. The van der Waals surface area contributed by atoms with E-state index in [0.29, 0.717) is 36.6 Å². The average Bonchev–Trinajstić information content (AvgIpc) is 2.41. The minimum Gasteiger partial charge on any atom is -0.353 e. The summed E-state index contributed by atoms with van der Waals surface area (Å²) in [5, 5.41) is 14.1. The first-order valence-corrected chi connectivity index (χ1v) is 6.85. The zero-order chi connectivity index (χ0) is 14.7. The highest BCUT2D eigenvalue weighted by atomic mass is 35.5. The second kappa shape index (κ2) is 6.19. The highest BCUT2D eigenvalue weighted by Gasteiger charge is 2.28. The van der Waals surface area contributed by atoms with Crippen LogP contribution in [0.25, 0.3) is 0 Å². The number of halogens is 1. The monoisotopic (exact) mass is 297 g/mol. The zero-order valence-corrected chi connectivity index (χ0v) is 11.9. The van der Waals surface area contributed by atoms with Crippen molar-refractivity contribution in [1.29, 1.82) is 0 Å². The van der Waals surface area contributed by atoms with E-state index in [4.69, 9.17) is 11.6 Å². The number of hydrogen-bond acceptors (Lipinski definition) is 4. The molecule has 1 aromatic rings. The normalized spacial score (nSPS) is 19.7. The average molecular weight is 298 g/mol. The van der Waals surface area contributed by atoms with Crippen molar-refractivity contribution in [3.63, 3.8) is 0 Å². The minimum atomic E-state index is -0.444. The molecular weight excluding hydrogens is 282 g/mol. The molecule has 1 aliphatic heterocycles. The molecule has 0 radical (unpaired) electrons. The molecule has 1 heterocycles. The Balaban J connectivity index is 2.22. The molecule has 2 rings (SSSR count). The van der Waals surface area contributed by atoms with Gasteiger partial charge in [-0.1, -0.05) is 18.5 Å². The van der Waals surface area contributed by atoms with Gasteiger partial charge in [0.05, 0.1) is 11.0 Å². The molecule has 7 heteroatoms. The van der Waals surface area contributed by atoms with E-state index in [1.807, 2.05) is 11.8 Å². The number of nitrogens with one attached hydrogen (secondary N) is 1. The number of hydrogen-bond donors (Lipinski definition) is 1. The Hall–Kier alpha value is -1.66. The molecule has 1 aliphatic rings. The summed E-state index contributed by atoms with van der Waals surface area (Å²) in [5.41, 5.74) is 0.688. The van der Waals surface area contributed by atoms with Crippen molar-refractivity contribution in [3.05, 3.63) is 38.9 Å². The summed E-state index contributed by atoms with van der Waals surface area (Å²) in [6.45, 7) is 3.68. The Kier molecular flexibility index (Phi) is 4.57. The highest BCUT2D eigenvalue weighted by molar-refractivity contribution is 6.31. The van der Waals surface area contributed by atoms with Gasteiger partial charge >= 0.3 is 0 Å². The molecule has 1 aromatic carbocycles. The number of piperazine rings is 1. The van der Waals surface area contributed by atoms with Crippen molar-refractivity contribution >= 4 is 23.2 Å². The summed E-state index contributed by atoms with van der Waals surface area (Å²) < 4.78 is 0. The van der Waals surface area contributed by atoms with Gasteiger partial charge < -0.3 is 5.32 Å². The summed E-state index contributed by atoms with van der Waals surface area (Å²) in [5.74, 6) is 0.000281. The Morgan fingerprint density at radius 3 is 2.95 bits per heavy atom. The number of non-ortho nitro benzene ring substituents is 1. The van der Waals surface area contributed by atoms with Gasteiger partial charge in [-0.15, -0.1) is 0 Å². The summed E-state index contributed by atoms with van der Waals surface area (Å²) in [4.78, 5) is 24.2. The van der Waals surface area contributed by atoms with Gasteiger partial charge in [0.25, 0.3) is 5.69 Å². The fourth-order valence-corrected chi connectivity index (χ4v) is 2.59. The van der Waals surface area contributed by atoms with Crippen LogP contribution in [0.5, 0.6) is 0 Å². The minimum absolute atomic E-state index is 0.000281. The van der Waals surface area contributed by atoms with Crippen LogP contribution in [-0.4, -0.2) is 34.9 Å². The third-order valence-corrected chi connectivity index (χ3v) is 3.81. The number of rotatable bonds is 4. The predicted octanol–water partition coefficient (Wildman–Crippen LogP) is 1.96. The standard InChI is InChI=1S/C13H16ClN3O3/c1-2-12-13(18)15-5-6-16(12)8-9-7-10(17(19)20)3-4-11(9)14/h3-4,7,12H,2,5-6,8H2,1H3,(H,15,18). The van der Waals surface area contributed by atoms with E-state index in [1.165, 1.54) is 18.2 Å². The van der Waals surface area contributed by atoms with Gasteiger partial charge in [-0.2, -0.15) is 0 Å². The molecule has 0 aliphatic carbocycles. The molecule has 0 aromatic heterocycles. The lowest BCUT2D eigenvalue weighted by Crippen LogP contribution is -2.54. The van der Waals surface area contributed by atoms with Crippen LogP contribution in [0, 0.1) is 10.1 Å². The first-order chi connectivity index (χ1) is 9.52. The van der Waals surface area contributed by atoms with Crippen LogP contribution in [-0.2, 0) is 11.3 Å². The lowest BCUT2D eigenvalue weighted by Gasteiger charge is -2.34. The Morgan fingerprint density at radius 1 is 1.55 bits per heavy atom. The smallest absolute Gasteiger partial charge is 0.269 e. The van der Waals surface area contributed by atoms with Crippen molar-refractivity contribution < 1.29 is 9.72 Å². The Bertz CT molecular complexity index is 536. The number of carbonyl (C=O) groups excluding carboxylic acids is 1. The van der Waals surface area contributed by atoms with Gasteiger partial charge in [0.15, 0.2) is 0 Å². The summed E-state index contributed by atoms with van der Waals surface area (Å²) in [6, 6.07) is 4.17. The van der Waals surface area contributed by atoms with E-state index in [0.717, 1.165) is 0 Å². The molecular formula is C13H16ClN3O3. The highest BCUT2D eigenvalue weighted by Crippen LogP contribution is 2.24. The van der Waals surface area contributed by atoms with E-state index >= 15 is 0 Å². The van der Waals surface area contributed by atoms with Crippen molar-refractivity contribution in [1.82, 2.24) is 10.2 Å². The van der Waals surface area contributed by atoms with Crippen molar-refractivity contribution in [2.45, 2.75) is 25.9 Å². The van der Waals surface area contributed by atoms with E-state index in [2.05, 4.69) is 5.32 Å². The van der Waals surface area contributed by atoms with E-state index < -0.39 is 4.92 Å². The fraction of sp³-hybridized carbons (Fsp3) is 0.462. The van der Waals surface area contributed by atoms with Crippen LogP contribution in [0.3, 0.4) is 0 Å². The van der Waals surface area contributed by atoms with E-state index in [1.54, 1.807) is 0 Å². The third kappa shape index (κ3) is 3.08. The second-order valence-electron chi connectivity index (χ2n) is 4.72. The van der Waals surface area contributed by atoms with Gasteiger partial charge in [0, 0.05) is 36.8 Å². The summed E-state index contributed by atoms with van der Waals surface area (Å²) in [6.07, 6.45) is 0.693. The van der Waals surface area contributed by atoms with Crippen LogP contribution in [0.4, 0.5) is 5.69 Å². The quantitative estimate of drug-likeness (QED) is 0.681. The Morgan fingerprint density at radius 2 is 2.30 bits per heavy atom. The molecule has 1 fully saturated rings.